The molecule has 33 heavy (non-hydrogen) atoms. The first-order valence-electron chi connectivity index (χ1n) is 10.9. The fraction of sp³-hybridized carbons (Fsp3) is 0.400. The smallest absolute Gasteiger partial charge is 0.410 e. The molecule has 8 heteroatoms. The number of benzene rings is 2. The van der Waals surface area contributed by atoms with Crippen molar-refractivity contribution in [3.8, 4) is 0 Å². The lowest BCUT2D eigenvalue weighted by molar-refractivity contribution is -0.00448. The molecule has 1 aliphatic heterocycles. The van der Waals surface area contributed by atoms with Crippen molar-refractivity contribution in [2.45, 2.75) is 51.5 Å². The highest BCUT2D eigenvalue weighted by Crippen LogP contribution is 2.18. The molecule has 3 rings (SSSR count). The Labute approximate surface area is 193 Å². The summed E-state index contributed by atoms with van der Waals surface area (Å²) in [5.74, 6) is -0.490. The maximum Gasteiger partial charge on any atom is 0.410 e. The predicted octanol–water partition coefficient (Wildman–Crippen LogP) is 4.15. The molecule has 1 heterocycles. The van der Waals surface area contributed by atoms with Gasteiger partial charge in [0.15, 0.2) is 0 Å². The highest BCUT2D eigenvalue weighted by molar-refractivity contribution is 5.89. The van der Waals surface area contributed by atoms with Gasteiger partial charge >= 0.3 is 18.2 Å². The number of carbonyl (C=O) groups excluding carboxylic acids is 3. The highest BCUT2D eigenvalue weighted by atomic mass is 16.6. The molecule has 0 saturated carbocycles. The van der Waals surface area contributed by atoms with Gasteiger partial charge in [-0.15, -0.1) is 0 Å². The lowest BCUT2D eigenvalue weighted by atomic mass is 10.0. The zero-order chi connectivity index (χ0) is 23.8. The standard InChI is InChI=1S/C25H30N2O6/c1-25(2,3)33-23(29)26-20-14-21(32-22(28)19-12-8-5-9-13-19)16-27(15-20)24(30)31-17-18-10-6-4-7-11-18/h4-13,20-21H,14-17H2,1-3H3,(H,26,29)/t20-,21-/m0/s1. The van der Waals surface area contributed by atoms with Gasteiger partial charge in [-0.2, -0.15) is 0 Å². The molecular weight excluding hydrogens is 424 g/mol. The number of hydrogen-bond acceptors (Lipinski definition) is 6. The second-order valence-electron chi connectivity index (χ2n) is 8.92. The van der Waals surface area contributed by atoms with E-state index in [1.54, 1.807) is 45.0 Å². The number of ether oxygens (including phenoxy) is 3. The minimum Gasteiger partial charge on any atom is -0.457 e. The van der Waals surface area contributed by atoms with Gasteiger partial charge in [0.1, 0.15) is 18.3 Å². The SMILES string of the molecule is CC(C)(C)OC(=O)N[C@H]1C[C@H](OC(=O)c2ccccc2)CN(C(=O)OCc2ccccc2)C1. The molecule has 8 nitrogen and oxygen atoms in total. The third kappa shape index (κ3) is 7.82. The minimum absolute atomic E-state index is 0.120. The van der Waals surface area contributed by atoms with E-state index in [0.29, 0.717) is 12.0 Å². The van der Waals surface area contributed by atoms with Crippen molar-refractivity contribution in [2.24, 2.45) is 0 Å². The van der Waals surface area contributed by atoms with Crippen LogP contribution in [0.3, 0.4) is 0 Å². The second-order valence-corrected chi connectivity index (χ2v) is 8.92. The van der Waals surface area contributed by atoms with Crippen molar-refractivity contribution in [1.29, 1.82) is 0 Å². The van der Waals surface area contributed by atoms with Crippen LogP contribution in [0.15, 0.2) is 60.7 Å². The first-order chi connectivity index (χ1) is 15.7. The maximum atomic E-state index is 12.8. The number of rotatable bonds is 5. The molecule has 0 aliphatic carbocycles. The Morgan fingerprint density at radius 2 is 1.61 bits per heavy atom. The number of amides is 2. The first kappa shape index (κ1) is 24.1. The molecule has 0 radical (unpaired) electrons. The van der Waals surface area contributed by atoms with Crippen LogP contribution in [0.5, 0.6) is 0 Å². The van der Waals surface area contributed by atoms with Crippen molar-refractivity contribution in [3.63, 3.8) is 0 Å². The maximum absolute atomic E-state index is 12.8. The van der Waals surface area contributed by atoms with Crippen LogP contribution in [0.25, 0.3) is 0 Å². The van der Waals surface area contributed by atoms with Gasteiger partial charge in [-0.05, 0) is 38.5 Å². The molecule has 0 bridgehead atoms. The second kappa shape index (κ2) is 10.8. The normalized spacial score (nSPS) is 18.2. The Hall–Kier alpha value is -3.55. The Morgan fingerprint density at radius 3 is 2.24 bits per heavy atom. The monoisotopic (exact) mass is 454 g/mol. The van der Waals surface area contributed by atoms with E-state index in [9.17, 15) is 14.4 Å². The zero-order valence-electron chi connectivity index (χ0n) is 19.2. The number of hydrogen-bond donors (Lipinski definition) is 1. The van der Waals surface area contributed by atoms with Crippen LogP contribution in [0.4, 0.5) is 9.59 Å². The van der Waals surface area contributed by atoms with E-state index in [1.807, 2.05) is 36.4 Å². The fourth-order valence-electron chi connectivity index (χ4n) is 3.47. The number of nitrogens with zero attached hydrogens (tertiary/aromatic N) is 1. The predicted molar refractivity (Wildman–Crippen MR) is 122 cm³/mol. The van der Waals surface area contributed by atoms with E-state index in [1.165, 1.54) is 4.90 Å². The summed E-state index contributed by atoms with van der Waals surface area (Å²) >= 11 is 0. The molecule has 2 aromatic rings. The van der Waals surface area contributed by atoms with Gasteiger partial charge in [0.05, 0.1) is 18.2 Å². The third-order valence-electron chi connectivity index (χ3n) is 4.88. The average molecular weight is 455 g/mol. The Bertz CT molecular complexity index is 942. The van der Waals surface area contributed by atoms with Crippen molar-refractivity contribution in [3.05, 3.63) is 71.8 Å². The number of carbonyl (C=O) groups is 3. The van der Waals surface area contributed by atoms with Crippen molar-refractivity contribution >= 4 is 18.2 Å². The van der Waals surface area contributed by atoms with E-state index in [0.717, 1.165) is 5.56 Å². The Kier molecular flexibility index (Phi) is 7.92. The summed E-state index contributed by atoms with van der Waals surface area (Å²) in [7, 11) is 0. The molecule has 2 amide bonds. The first-order valence-corrected chi connectivity index (χ1v) is 10.9. The molecule has 176 valence electrons. The van der Waals surface area contributed by atoms with Crippen LogP contribution < -0.4 is 5.32 Å². The summed E-state index contributed by atoms with van der Waals surface area (Å²) in [5, 5.41) is 2.78. The van der Waals surface area contributed by atoms with Gasteiger partial charge in [0, 0.05) is 13.0 Å². The van der Waals surface area contributed by atoms with E-state index in [-0.39, 0.29) is 19.7 Å². The molecule has 2 atom stereocenters. The Balaban J connectivity index is 1.66. The summed E-state index contributed by atoms with van der Waals surface area (Å²) in [6, 6.07) is 17.5. The van der Waals surface area contributed by atoms with E-state index < -0.39 is 35.9 Å². The number of piperidine rings is 1. The fourth-order valence-corrected chi connectivity index (χ4v) is 3.47. The number of nitrogens with one attached hydrogen (secondary N) is 1. The van der Waals surface area contributed by atoms with Crippen LogP contribution in [-0.4, -0.2) is 53.9 Å². The van der Waals surface area contributed by atoms with Crippen LogP contribution >= 0.6 is 0 Å². The highest BCUT2D eigenvalue weighted by Gasteiger charge is 2.34. The molecular formula is C25H30N2O6. The largest absolute Gasteiger partial charge is 0.457 e. The van der Waals surface area contributed by atoms with Gasteiger partial charge in [0.2, 0.25) is 0 Å². The molecule has 1 fully saturated rings. The van der Waals surface area contributed by atoms with Gasteiger partial charge in [0.25, 0.3) is 0 Å². The van der Waals surface area contributed by atoms with Crippen molar-refractivity contribution in [2.75, 3.05) is 13.1 Å². The average Bonchev–Trinajstić information content (AvgIpc) is 2.77. The summed E-state index contributed by atoms with van der Waals surface area (Å²) in [4.78, 5) is 39.0. The van der Waals surface area contributed by atoms with Crippen LogP contribution in [0.2, 0.25) is 0 Å². The van der Waals surface area contributed by atoms with Crippen LogP contribution in [0, 0.1) is 0 Å². The molecule has 2 aromatic carbocycles. The quantitative estimate of drug-likeness (QED) is 0.539. The van der Waals surface area contributed by atoms with Gasteiger partial charge < -0.3 is 24.4 Å². The van der Waals surface area contributed by atoms with Gasteiger partial charge in [-0.25, -0.2) is 14.4 Å². The molecule has 1 aliphatic rings. The van der Waals surface area contributed by atoms with E-state index in [4.69, 9.17) is 14.2 Å². The molecule has 0 aromatic heterocycles. The topological polar surface area (TPSA) is 94.2 Å². The van der Waals surface area contributed by atoms with E-state index in [2.05, 4.69) is 5.32 Å². The number of esters is 1. The lowest BCUT2D eigenvalue weighted by Crippen LogP contribution is -2.55. The third-order valence-corrected chi connectivity index (χ3v) is 4.88. The number of likely N-dealkylation sites (tertiary alicyclic amines) is 1. The zero-order valence-corrected chi connectivity index (χ0v) is 19.2. The summed E-state index contributed by atoms with van der Waals surface area (Å²) < 4.78 is 16.4. The number of alkyl carbamates (subject to hydrolysis) is 1. The van der Waals surface area contributed by atoms with Crippen LogP contribution in [-0.2, 0) is 20.8 Å². The lowest BCUT2D eigenvalue weighted by Gasteiger charge is -2.37. The van der Waals surface area contributed by atoms with Gasteiger partial charge in [-0.1, -0.05) is 48.5 Å². The molecule has 0 spiro atoms. The summed E-state index contributed by atoms with van der Waals surface area (Å²) in [6.07, 6.45) is -1.41. The van der Waals surface area contributed by atoms with Crippen LogP contribution in [0.1, 0.15) is 43.1 Å². The Morgan fingerprint density at radius 1 is 0.970 bits per heavy atom. The molecule has 0 unspecified atom stereocenters. The van der Waals surface area contributed by atoms with E-state index >= 15 is 0 Å². The molecule has 1 N–H and O–H groups in total. The van der Waals surface area contributed by atoms with Crippen molar-refractivity contribution < 1.29 is 28.6 Å². The minimum atomic E-state index is -0.660. The summed E-state index contributed by atoms with van der Waals surface area (Å²) in [6.45, 7) is 5.81. The summed E-state index contributed by atoms with van der Waals surface area (Å²) in [5.41, 5.74) is 0.614. The molecule has 1 saturated heterocycles. The van der Waals surface area contributed by atoms with Crippen molar-refractivity contribution in [1.82, 2.24) is 10.2 Å². The van der Waals surface area contributed by atoms with Gasteiger partial charge in [-0.3, -0.25) is 0 Å².